The van der Waals surface area contributed by atoms with Crippen molar-refractivity contribution >= 4 is 46.4 Å². The van der Waals surface area contributed by atoms with Crippen molar-refractivity contribution in [3.8, 4) is 0 Å². The van der Waals surface area contributed by atoms with Crippen LogP contribution in [0.3, 0.4) is 0 Å². The Morgan fingerprint density at radius 2 is 1.84 bits per heavy atom. The summed E-state index contributed by atoms with van der Waals surface area (Å²) in [6.07, 6.45) is 6.17. The van der Waals surface area contributed by atoms with Crippen LogP contribution in [0.25, 0.3) is 0 Å². The summed E-state index contributed by atoms with van der Waals surface area (Å²) in [5, 5.41) is 17.3. The van der Waals surface area contributed by atoms with Crippen LogP contribution in [0.15, 0.2) is 81.8 Å². The number of aromatic nitrogens is 1. The Morgan fingerprint density at radius 3 is 2.53 bits per heavy atom. The number of benzene rings is 2. The van der Waals surface area contributed by atoms with Crippen LogP contribution in [0.1, 0.15) is 61.0 Å². The summed E-state index contributed by atoms with van der Waals surface area (Å²) >= 11 is 6.51. The molecule has 4 N–H and O–H groups in total. The standard InChI is InChI=1S/C31H36ClN7O3.C3H6/c1-4-26(32)29-34-20(3)33-24-7-5-6-21(17-24)8-9-22-18-25(35-29)10-11-27(22)37-31(41)36-23-12-14-39(15-13-23)30(40)28-16-19(2)42-38-28;1-3-2/h4-7,10-11,16-18,20,23,33H,8-9,12-15H2,1-3H3,(H,34,35)(H2,36,37,41);3H,1H2,2H3/b26-4+;. The molecule has 1 aromatic heterocycles. The molecule has 3 amide bonds. The van der Waals surface area contributed by atoms with E-state index in [0.717, 1.165) is 35.5 Å². The van der Waals surface area contributed by atoms with E-state index < -0.39 is 0 Å². The largest absolute Gasteiger partial charge is 0.364 e. The van der Waals surface area contributed by atoms with Crippen molar-refractivity contribution in [3.05, 3.63) is 94.9 Å². The maximum Gasteiger partial charge on any atom is 0.319 e. The number of hydrogen-bond acceptors (Lipinski definition) is 7. The summed E-state index contributed by atoms with van der Waals surface area (Å²) in [5.74, 6) is 1.01. The third kappa shape index (κ3) is 9.46. The zero-order valence-corrected chi connectivity index (χ0v) is 27.1. The van der Waals surface area contributed by atoms with E-state index in [4.69, 9.17) is 21.1 Å². The average Bonchev–Trinajstić information content (AvgIpc) is 3.46. The molecular weight excluding hydrogens is 590 g/mol. The predicted molar refractivity (Wildman–Crippen MR) is 182 cm³/mol. The van der Waals surface area contributed by atoms with Crippen molar-refractivity contribution in [1.82, 2.24) is 15.4 Å². The lowest BCUT2D eigenvalue weighted by Gasteiger charge is -2.32. The minimum atomic E-state index is -0.272. The number of amides is 3. The first-order valence-electron chi connectivity index (χ1n) is 15.2. The van der Waals surface area contributed by atoms with E-state index in [1.807, 2.05) is 51.1 Å². The number of anilines is 3. The maximum atomic E-state index is 13.1. The van der Waals surface area contributed by atoms with Gasteiger partial charge in [0.15, 0.2) is 5.69 Å². The molecule has 1 atom stereocenters. The van der Waals surface area contributed by atoms with Gasteiger partial charge < -0.3 is 30.7 Å². The van der Waals surface area contributed by atoms with Crippen LogP contribution in [0.2, 0.25) is 0 Å². The number of rotatable bonds is 4. The lowest BCUT2D eigenvalue weighted by Crippen LogP contribution is -2.47. The number of urea groups is 1. The summed E-state index contributed by atoms with van der Waals surface area (Å²) in [5.41, 5.74) is 5.02. The molecule has 11 heteroatoms. The number of allylic oxidation sites excluding steroid dienone is 2. The lowest BCUT2D eigenvalue weighted by molar-refractivity contribution is 0.0698. The number of piperidine rings is 1. The van der Waals surface area contributed by atoms with Gasteiger partial charge in [-0.25, -0.2) is 9.79 Å². The third-order valence-corrected chi connectivity index (χ3v) is 7.77. The molecule has 1 fully saturated rings. The highest BCUT2D eigenvalue weighted by atomic mass is 35.5. The van der Waals surface area contributed by atoms with Crippen LogP contribution in [-0.4, -0.2) is 53.1 Å². The summed E-state index contributed by atoms with van der Waals surface area (Å²) < 4.78 is 5.03. The molecule has 0 saturated carbocycles. The Bertz CT molecular complexity index is 1560. The highest BCUT2D eigenvalue weighted by Crippen LogP contribution is 2.25. The zero-order valence-electron chi connectivity index (χ0n) is 26.3. The van der Waals surface area contributed by atoms with Crippen molar-refractivity contribution in [2.75, 3.05) is 29.0 Å². The highest BCUT2D eigenvalue weighted by Gasteiger charge is 2.26. The fourth-order valence-corrected chi connectivity index (χ4v) is 5.29. The van der Waals surface area contributed by atoms with E-state index in [2.05, 4.69) is 45.1 Å². The minimum absolute atomic E-state index is 0.0435. The predicted octanol–water partition coefficient (Wildman–Crippen LogP) is 7.11. The van der Waals surface area contributed by atoms with Crippen LogP contribution in [0, 0.1) is 6.92 Å². The number of nitrogens with one attached hydrogen (secondary N) is 4. The number of hydrogen-bond donors (Lipinski definition) is 4. The molecule has 1 unspecified atom stereocenters. The summed E-state index contributed by atoms with van der Waals surface area (Å²) in [6, 6.07) is 15.4. The van der Waals surface area contributed by atoms with Crippen LogP contribution in [0.4, 0.5) is 21.9 Å². The monoisotopic (exact) mass is 631 g/mol. The second-order valence-corrected chi connectivity index (χ2v) is 11.4. The highest BCUT2D eigenvalue weighted by molar-refractivity contribution is 6.45. The summed E-state index contributed by atoms with van der Waals surface area (Å²) in [6.45, 7) is 11.9. The molecule has 10 nitrogen and oxygen atoms in total. The Morgan fingerprint density at radius 1 is 1.09 bits per heavy atom. The molecule has 2 aliphatic rings. The van der Waals surface area contributed by atoms with E-state index in [-0.39, 0.29) is 24.1 Å². The van der Waals surface area contributed by atoms with Gasteiger partial charge in [0.1, 0.15) is 17.8 Å². The molecule has 1 saturated heterocycles. The summed E-state index contributed by atoms with van der Waals surface area (Å²) in [7, 11) is 0. The van der Waals surface area contributed by atoms with E-state index >= 15 is 0 Å². The molecule has 0 spiro atoms. The first kappa shape index (κ1) is 33.3. The van der Waals surface area contributed by atoms with Crippen LogP contribution < -0.4 is 21.3 Å². The van der Waals surface area contributed by atoms with E-state index in [0.29, 0.717) is 48.3 Å². The van der Waals surface area contributed by atoms with E-state index in [1.165, 1.54) is 5.56 Å². The topological polar surface area (TPSA) is 124 Å². The zero-order chi connectivity index (χ0) is 32.3. The molecule has 0 radical (unpaired) electrons. The van der Waals surface area contributed by atoms with E-state index in [9.17, 15) is 9.59 Å². The number of amidine groups is 1. The quantitative estimate of drug-likeness (QED) is 0.228. The Balaban J connectivity index is 0.00000148. The van der Waals surface area contributed by atoms with Gasteiger partial charge in [-0.2, -0.15) is 0 Å². The van der Waals surface area contributed by atoms with Crippen LogP contribution in [0.5, 0.6) is 0 Å². The van der Waals surface area contributed by atoms with Crippen molar-refractivity contribution in [3.63, 3.8) is 0 Å². The van der Waals surface area contributed by atoms with Crippen molar-refractivity contribution in [1.29, 1.82) is 0 Å². The van der Waals surface area contributed by atoms with Gasteiger partial charge in [0.05, 0.1) is 5.03 Å². The smallest absolute Gasteiger partial charge is 0.319 e. The molecule has 3 aromatic rings. The fraction of sp³-hybridized carbons (Fsp3) is 0.353. The minimum Gasteiger partial charge on any atom is -0.364 e. The molecule has 0 aliphatic carbocycles. The number of carbonyl (C=O) groups is 2. The molecular formula is C34H42ClN7O3. The summed E-state index contributed by atoms with van der Waals surface area (Å²) in [4.78, 5) is 32.3. The number of aliphatic imine (C=N–C) groups is 1. The molecule has 45 heavy (non-hydrogen) atoms. The molecule has 3 heterocycles. The van der Waals surface area contributed by atoms with Gasteiger partial charge in [0, 0.05) is 42.3 Å². The van der Waals surface area contributed by atoms with Crippen LogP contribution in [-0.2, 0) is 12.8 Å². The average molecular weight is 632 g/mol. The van der Waals surface area contributed by atoms with Gasteiger partial charge in [-0.05, 0) is 94.8 Å². The second kappa shape index (κ2) is 15.9. The van der Waals surface area contributed by atoms with Gasteiger partial charge in [-0.1, -0.05) is 41.0 Å². The number of halogens is 1. The van der Waals surface area contributed by atoms with Gasteiger partial charge >= 0.3 is 6.03 Å². The van der Waals surface area contributed by atoms with Gasteiger partial charge in [-0.3, -0.25) is 4.79 Å². The van der Waals surface area contributed by atoms with Gasteiger partial charge in [-0.15, -0.1) is 6.58 Å². The van der Waals surface area contributed by atoms with Crippen molar-refractivity contribution in [2.24, 2.45) is 4.99 Å². The van der Waals surface area contributed by atoms with Crippen molar-refractivity contribution in [2.45, 2.75) is 65.6 Å². The molecule has 4 bridgehead atoms. The second-order valence-electron chi connectivity index (χ2n) is 11.0. The first-order valence-corrected chi connectivity index (χ1v) is 15.6. The van der Waals surface area contributed by atoms with Gasteiger partial charge in [0.2, 0.25) is 0 Å². The molecule has 238 valence electrons. The normalized spacial score (nSPS) is 18.2. The Kier molecular flexibility index (Phi) is 11.8. The molecule has 2 aromatic carbocycles. The fourth-order valence-electron chi connectivity index (χ4n) is 5.19. The maximum absolute atomic E-state index is 13.1. The number of fused-ring (bicyclic) bond motifs is 4. The first-order chi connectivity index (χ1) is 21.7. The Hall–Kier alpha value is -4.57. The Labute approximate surface area is 270 Å². The number of aryl methyl sites for hydroxylation is 3. The lowest BCUT2D eigenvalue weighted by atomic mass is 10.0. The number of carbonyl (C=O) groups excluding carboxylic acids is 2. The van der Waals surface area contributed by atoms with Gasteiger partial charge in [0.25, 0.3) is 5.91 Å². The SMILES string of the molecule is C/C=C(Cl)\C1=N/C(C)Nc2cccc(c2)CCc2cc(ccc2NC(=O)NC2CCN(C(=O)c3cc(C)on3)CC2)N1.C=CC. The number of likely N-dealkylation sites (tertiary alicyclic amines) is 1. The third-order valence-electron chi connectivity index (χ3n) is 7.37. The van der Waals surface area contributed by atoms with Crippen molar-refractivity contribution < 1.29 is 14.1 Å². The molecule has 2 aliphatic heterocycles. The number of nitrogens with zero attached hydrogens (tertiary/aromatic N) is 3. The molecule has 5 rings (SSSR count). The van der Waals surface area contributed by atoms with Crippen LogP contribution >= 0.6 is 11.6 Å². The van der Waals surface area contributed by atoms with E-state index in [1.54, 1.807) is 30.0 Å².